The fourth-order valence-corrected chi connectivity index (χ4v) is 7.97. The predicted octanol–water partition coefficient (Wildman–Crippen LogP) is 8.25. The minimum Gasteiger partial charge on any atom is -0.404 e. The maximum Gasteiger partial charge on any atom is 0.222 e. The van der Waals surface area contributed by atoms with Crippen molar-refractivity contribution < 1.29 is 9.59 Å². The number of allylic oxidation sites excluding steroid dienone is 4. The summed E-state index contributed by atoms with van der Waals surface area (Å²) in [5, 5.41) is 4.46. The Kier molecular flexibility index (Phi) is 15.2. The highest BCUT2D eigenvalue weighted by molar-refractivity contribution is 9.11. The Morgan fingerprint density at radius 2 is 1.91 bits per heavy atom. The molecule has 3 fully saturated rings. The maximum absolute atomic E-state index is 11.7. The van der Waals surface area contributed by atoms with Gasteiger partial charge in [-0.3, -0.25) is 4.79 Å². The summed E-state index contributed by atoms with van der Waals surface area (Å²) < 4.78 is 0.976. The van der Waals surface area contributed by atoms with Crippen molar-refractivity contribution in [1.82, 2.24) is 15.1 Å². The van der Waals surface area contributed by atoms with Gasteiger partial charge in [0.2, 0.25) is 5.91 Å². The van der Waals surface area contributed by atoms with Gasteiger partial charge in [0, 0.05) is 60.3 Å². The standard InChI is InChI=1S/C20H26BrClN2.C18H30N2O2/c1-24-8-6-15(7-9-24)20-11-14(10-17(21)13-23)2-3-16-12-18(22)4-5-19(16)20;1-2-15(10-14-21)8-11-19-17(16-5-3-6-16)9-13-20-12-4-7-18(20)22/h4-5,10,12-13,15,20H,2-3,6-9,11,23H2,1H3;14-15,19H,2-13H2,1H3/b14-10-,17-13+;. The lowest BCUT2D eigenvalue weighted by molar-refractivity contribution is -0.127. The molecule has 1 aromatic carbocycles. The molecular formula is C38H56BrClN4O2. The van der Waals surface area contributed by atoms with Crippen molar-refractivity contribution in [3.05, 3.63) is 68.0 Å². The van der Waals surface area contributed by atoms with Crippen molar-refractivity contribution in [3.8, 4) is 0 Å². The summed E-state index contributed by atoms with van der Waals surface area (Å²) in [7, 11) is 2.23. The molecule has 2 unspecified atom stereocenters. The fraction of sp³-hybridized carbons (Fsp3) is 0.632. The highest BCUT2D eigenvalue weighted by atomic mass is 79.9. The minimum absolute atomic E-state index is 0.315. The third-order valence-electron chi connectivity index (χ3n) is 10.6. The van der Waals surface area contributed by atoms with Crippen molar-refractivity contribution in [2.75, 3.05) is 39.8 Å². The van der Waals surface area contributed by atoms with Gasteiger partial charge >= 0.3 is 0 Å². The second-order valence-electron chi connectivity index (χ2n) is 13.7. The lowest BCUT2D eigenvalue weighted by Gasteiger charge is -2.35. The molecular weight excluding hydrogens is 660 g/mol. The summed E-state index contributed by atoms with van der Waals surface area (Å²) >= 11 is 9.81. The van der Waals surface area contributed by atoms with Gasteiger partial charge in [0.25, 0.3) is 0 Å². The van der Waals surface area contributed by atoms with Crippen molar-refractivity contribution in [2.24, 2.45) is 17.6 Å². The van der Waals surface area contributed by atoms with Crippen molar-refractivity contribution in [1.29, 1.82) is 0 Å². The lowest BCUT2D eigenvalue weighted by Crippen LogP contribution is -2.32. The molecule has 0 radical (unpaired) electrons. The molecule has 5 rings (SSSR count). The van der Waals surface area contributed by atoms with Crippen LogP contribution >= 0.6 is 27.5 Å². The van der Waals surface area contributed by atoms with Crippen molar-refractivity contribution in [3.63, 3.8) is 0 Å². The number of piperidine rings is 1. The molecule has 2 atom stereocenters. The first-order valence-corrected chi connectivity index (χ1v) is 18.9. The van der Waals surface area contributed by atoms with Gasteiger partial charge in [-0.05, 0) is 147 Å². The first-order chi connectivity index (χ1) is 22.3. The number of benzene rings is 1. The molecule has 1 aromatic rings. The summed E-state index contributed by atoms with van der Waals surface area (Å²) in [5.41, 5.74) is 13.0. The Labute approximate surface area is 291 Å². The highest BCUT2D eigenvalue weighted by Crippen LogP contribution is 2.43. The van der Waals surface area contributed by atoms with Crippen LogP contribution in [0, 0.1) is 11.8 Å². The highest BCUT2D eigenvalue weighted by Gasteiger charge is 2.30. The van der Waals surface area contributed by atoms with Crippen molar-refractivity contribution >= 4 is 39.7 Å². The SMILES string of the molecule is CCC(CC=O)CCNC(CCN1CCCC1=O)=C1CCC1.CN1CCC(C2C/C(=C\C(Br)=C/N)CCc3cc(Cl)ccc32)CC1. The smallest absolute Gasteiger partial charge is 0.222 e. The van der Waals surface area contributed by atoms with E-state index in [2.05, 4.69) is 64.4 Å². The molecule has 1 amide bonds. The number of carbonyl (C=O) groups excluding carboxylic acids is 2. The largest absolute Gasteiger partial charge is 0.404 e. The number of fused-ring (bicyclic) bond motifs is 1. The molecule has 0 aromatic heterocycles. The number of aldehydes is 1. The monoisotopic (exact) mass is 714 g/mol. The second-order valence-corrected chi connectivity index (χ2v) is 15.1. The lowest BCUT2D eigenvalue weighted by atomic mass is 9.76. The molecule has 2 aliphatic heterocycles. The van der Waals surface area contributed by atoms with Crippen LogP contribution in [0.2, 0.25) is 5.02 Å². The Morgan fingerprint density at radius 3 is 2.54 bits per heavy atom. The number of rotatable bonds is 12. The maximum atomic E-state index is 11.7. The second kappa shape index (κ2) is 19.0. The van der Waals surface area contributed by atoms with E-state index >= 15 is 0 Å². The van der Waals surface area contributed by atoms with Gasteiger partial charge in [-0.2, -0.15) is 0 Å². The topological polar surface area (TPSA) is 78.7 Å². The van der Waals surface area contributed by atoms with Crippen LogP contribution in [0.1, 0.15) is 107 Å². The summed E-state index contributed by atoms with van der Waals surface area (Å²) in [6.45, 7) is 7.29. The molecule has 8 heteroatoms. The van der Waals surface area contributed by atoms with Crippen molar-refractivity contribution in [2.45, 2.75) is 103 Å². The number of carbonyl (C=O) groups is 2. The average Bonchev–Trinajstić information content (AvgIpc) is 3.36. The molecule has 3 N–H and O–H groups in total. The van der Waals surface area contributed by atoms with Gasteiger partial charge < -0.3 is 25.6 Å². The van der Waals surface area contributed by atoms with Gasteiger partial charge in [0.05, 0.1) is 0 Å². The van der Waals surface area contributed by atoms with Gasteiger partial charge in [-0.15, -0.1) is 0 Å². The first-order valence-electron chi connectivity index (χ1n) is 17.7. The number of nitrogens with zero attached hydrogens (tertiary/aromatic N) is 2. The molecule has 46 heavy (non-hydrogen) atoms. The molecule has 2 saturated heterocycles. The molecule has 0 bridgehead atoms. The van der Waals surface area contributed by atoms with E-state index in [0.29, 0.717) is 24.2 Å². The van der Waals surface area contributed by atoms with Crippen LogP contribution in [-0.4, -0.2) is 61.8 Å². The van der Waals surface area contributed by atoms with Crippen LogP contribution in [0.3, 0.4) is 0 Å². The van der Waals surface area contributed by atoms with E-state index in [4.69, 9.17) is 17.3 Å². The van der Waals surface area contributed by atoms with E-state index in [9.17, 15) is 9.59 Å². The molecule has 2 aliphatic carbocycles. The molecule has 1 saturated carbocycles. The Morgan fingerprint density at radius 1 is 1.13 bits per heavy atom. The van der Waals surface area contributed by atoms with E-state index in [1.807, 2.05) is 4.90 Å². The number of hydrogen-bond acceptors (Lipinski definition) is 5. The van der Waals surface area contributed by atoms with Gasteiger partial charge in [0.15, 0.2) is 0 Å². The van der Waals surface area contributed by atoms with Gasteiger partial charge in [-0.25, -0.2) is 0 Å². The van der Waals surface area contributed by atoms with Gasteiger partial charge in [0.1, 0.15) is 6.29 Å². The van der Waals surface area contributed by atoms with Gasteiger partial charge in [-0.1, -0.05) is 42.2 Å². The molecule has 6 nitrogen and oxygen atoms in total. The molecule has 4 aliphatic rings. The summed E-state index contributed by atoms with van der Waals surface area (Å²) in [6.07, 6.45) is 19.9. The van der Waals surface area contributed by atoms with Crippen LogP contribution in [0.4, 0.5) is 0 Å². The molecule has 254 valence electrons. The zero-order valence-corrected chi connectivity index (χ0v) is 30.5. The average molecular weight is 716 g/mol. The minimum atomic E-state index is 0.315. The Bertz CT molecular complexity index is 1250. The number of halogens is 2. The molecule has 0 spiro atoms. The third kappa shape index (κ3) is 11.0. The Hall–Kier alpha value is -2.09. The quantitative estimate of drug-likeness (QED) is 0.168. The number of amides is 1. The zero-order chi connectivity index (χ0) is 32.9. The number of nitrogens with one attached hydrogen (secondary N) is 1. The van der Waals surface area contributed by atoms with E-state index in [1.165, 1.54) is 67.6 Å². The van der Waals surface area contributed by atoms with E-state index in [-0.39, 0.29) is 0 Å². The van der Waals surface area contributed by atoms with Crippen LogP contribution in [0.5, 0.6) is 0 Å². The number of hydrogen-bond donors (Lipinski definition) is 2. The van der Waals surface area contributed by atoms with Crippen LogP contribution < -0.4 is 11.1 Å². The number of nitrogens with two attached hydrogens (primary N) is 1. The van der Waals surface area contributed by atoms with Crippen LogP contribution in [-0.2, 0) is 16.0 Å². The fourth-order valence-electron chi connectivity index (χ4n) is 7.45. The first kappa shape index (κ1) is 36.7. The zero-order valence-electron chi connectivity index (χ0n) is 28.2. The summed E-state index contributed by atoms with van der Waals surface area (Å²) in [5.74, 6) is 2.16. The summed E-state index contributed by atoms with van der Waals surface area (Å²) in [4.78, 5) is 26.8. The normalized spacial score (nSPS) is 22.4. The van der Waals surface area contributed by atoms with E-state index in [1.54, 1.807) is 11.8 Å². The predicted molar refractivity (Wildman–Crippen MR) is 195 cm³/mol. The Balaban J connectivity index is 0.000000210. The number of likely N-dealkylation sites (tertiary alicyclic amines) is 2. The molecule has 2 heterocycles. The van der Waals surface area contributed by atoms with E-state index < -0.39 is 0 Å². The third-order valence-corrected chi connectivity index (χ3v) is 11.3. The van der Waals surface area contributed by atoms with E-state index in [0.717, 1.165) is 92.7 Å². The summed E-state index contributed by atoms with van der Waals surface area (Å²) in [6, 6.07) is 6.51. The van der Waals surface area contributed by atoms with Crippen LogP contribution in [0.15, 0.2) is 51.8 Å². The van der Waals surface area contributed by atoms with Crippen LogP contribution in [0.25, 0.3) is 0 Å². The number of aryl methyl sites for hydroxylation is 1.